The van der Waals surface area contributed by atoms with Crippen LogP contribution in [0, 0.1) is 6.92 Å². The van der Waals surface area contributed by atoms with E-state index in [0.29, 0.717) is 12.5 Å². The largest absolute Gasteiger partial charge is 0.372 e. The van der Waals surface area contributed by atoms with Gasteiger partial charge in [-0.1, -0.05) is 32.0 Å². The van der Waals surface area contributed by atoms with Crippen molar-refractivity contribution in [1.29, 1.82) is 0 Å². The number of carbonyl (C=O) groups excluding carboxylic acids is 1. The number of fused-ring (bicyclic) bond motifs is 1. The Hall–Kier alpha value is -2.33. The number of anilines is 2. The van der Waals surface area contributed by atoms with E-state index in [1.54, 1.807) is 0 Å². The number of hydrogen-bond acceptors (Lipinski definition) is 3. The third-order valence-electron chi connectivity index (χ3n) is 6.31. The summed E-state index contributed by atoms with van der Waals surface area (Å²) in [5.41, 5.74) is 7.52. The lowest BCUT2D eigenvalue weighted by Gasteiger charge is -2.29. The van der Waals surface area contributed by atoms with Gasteiger partial charge in [0.15, 0.2) is 0 Å². The third kappa shape index (κ3) is 4.64. The zero-order valence-corrected chi connectivity index (χ0v) is 18.0. The molecule has 4 rings (SSSR count). The lowest BCUT2D eigenvalue weighted by atomic mass is 9.93. The molecule has 29 heavy (non-hydrogen) atoms. The van der Waals surface area contributed by atoms with E-state index in [4.69, 9.17) is 0 Å². The van der Waals surface area contributed by atoms with Crippen LogP contribution in [-0.2, 0) is 17.8 Å². The molecule has 2 aliphatic heterocycles. The van der Waals surface area contributed by atoms with Crippen molar-refractivity contribution in [2.45, 2.75) is 52.5 Å². The van der Waals surface area contributed by atoms with Crippen LogP contribution in [0.5, 0.6) is 0 Å². The molecular formula is C25H33N3O. The number of amides is 1. The molecule has 0 aliphatic carbocycles. The molecule has 1 N–H and O–H groups in total. The highest BCUT2D eigenvalue weighted by atomic mass is 16.2. The Balaban J connectivity index is 1.37. The third-order valence-corrected chi connectivity index (χ3v) is 6.31. The molecule has 1 fully saturated rings. The van der Waals surface area contributed by atoms with Gasteiger partial charge >= 0.3 is 0 Å². The van der Waals surface area contributed by atoms with Gasteiger partial charge in [-0.3, -0.25) is 9.69 Å². The summed E-state index contributed by atoms with van der Waals surface area (Å²) in [5.74, 6) is 0.607. The first-order valence-electron chi connectivity index (χ1n) is 11.0. The van der Waals surface area contributed by atoms with Crippen LogP contribution in [0.15, 0.2) is 36.4 Å². The molecule has 154 valence electrons. The quantitative estimate of drug-likeness (QED) is 0.801. The number of hydrogen-bond donors (Lipinski definition) is 1. The van der Waals surface area contributed by atoms with Crippen LogP contribution in [-0.4, -0.2) is 37.0 Å². The SMILES string of the molecule is Cc1cc(N2CCCC2)ccc1NC(=O)CN1CCc2ccc(C(C)C)cc2C1. The van der Waals surface area contributed by atoms with Crippen LogP contribution in [0.4, 0.5) is 11.4 Å². The maximum absolute atomic E-state index is 12.7. The molecule has 2 heterocycles. The molecular weight excluding hydrogens is 358 g/mol. The summed E-state index contributed by atoms with van der Waals surface area (Å²) in [6.07, 6.45) is 3.56. The number of benzene rings is 2. The number of nitrogens with one attached hydrogen (secondary N) is 1. The van der Waals surface area contributed by atoms with E-state index in [1.165, 1.54) is 35.2 Å². The molecule has 1 saturated heterocycles. The predicted octanol–water partition coefficient (Wildman–Crippen LogP) is 4.72. The molecule has 4 heteroatoms. The van der Waals surface area contributed by atoms with Crippen molar-refractivity contribution in [1.82, 2.24) is 4.90 Å². The van der Waals surface area contributed by atoms with E-state index in [9.17, 15) is 4.79 Å². The number of aryl methyl sites for hydroxylation is 1. The molecule has 1 amide bonds. The first-order valence-corrected chi connectivity index (χ1v) is 11.0. The lowest BCUT2D eigenvalue weighted by molar-refractivity contribution is -0.117. The van der Waals surface area contributed by atoms with Gasteiger partial charge < -0.3 is 10.2 Å². The standard InChI is InChI=1S/C25H33N3O/c1-18(2)21-7-6-20-10-13-27(16-22(20)15-21)17-25(29)26-24-9-8-23(14-19(24)3)28-11-4-5-12-28/h6-9,14-15,18H,4-5,10-13,16-17H2,1-3H3,(H,26,29). The molecule has 2 aromatic carbocycles. The number of nitrogens with zero attached hydrogens (tertiary/aromatic N) is 2. The van der Waals surface area contributed by atoms with E-state index in [-0.39, 0.29) is 5.91 Å². The van der Waals surface area contributed by atoms with Gasteiger partial charge in [0.25, 0.3) is 0 Å². The fraction of sp³-hybridized carbons (Fsp3) is 0.480. The monoisotopic (exact) mass is 391 g/mol. The summed E-state index contributed by atoms with van der Waals surface area (Å²) in [7, 11) is 0. The van der Waals surface area contributed by atoms with Crippen LogP contribution in [0.2, 0.25) is 0 Å². The zero-order chi connectivity index (χ0) is 20.4. The normalized spacial score (nSPS) is 16.9. The van der Waals surface area contributed by atoms with Gasteiger partial charge in [-0.05, 0) is 72.6 Å². The highest BCUT2D eigenvalue weighted by molar-refractivity contribution is 5.93. The van der Waals surface area contributed by atoms with Gasteiger partial charge in [0.05, 0.1) is 6.54 Å². The van der Waals surface area contributed by atoms with E-state index in [2.05, 4.69) is 72.3 Å². The van der Waals surface area contributed by atoms with Crippen molar-refractivity contribution in [3.05, 3.63) is 58.7 Å². The van der Waals surface area contributed by atoms with Crippen molar-refractivity contribution >= 4 is 17.3 Å². The molecule has 0 unspecified atom stereocenters. The Kier molecular flexibility index (Phi) is 5.91. The van der Waals surface area contributed by atoms with Gasteiger partial charge in [0.2, 0.25) is 5.91 Å². The van der Waals surface area contributed by atoms with Gasteiger partial charge in [0, 0.05) is 37.6 Å². The first-order chi connectivity index (χ1) is 14.0. The first kappa shape index (κ1) is 20.0. The van der Waals surface area contributed by atoms with Crippen LogP contribution in [0.3, 0.4) is 0 Å². The highest BCUT2D eigenvalue weighted by Crippen LogP contribution is 2.26. The highest BCUT2D eigenvalue weighted by Gasteiger charge is 2.20. The molecule has 0 radical (unpaired) electrons. The maximum Gasteiger partial charge on any atom is 0.238 e. The summed E-state index contributed by atoms with van der Waals surface area (Å²) < 4.78 is 0. The van der Waals surface area contributed by atoms with Crippen LogP contribution < -0.4 is 10.2 Å². The Morgan fingerprint density at radius 2 is 1.83 bits per heavy atom. The molecule has 0 spiro atoms. The average Bonchev–Trinajstić information content (AvgIpc) is 3.23. The molecule has 4 nitrogen and oxygen atoms in total. The van der Waals surface area contributed by atoms with Gasteiger partial charge in [-0.15, -0.1) is 0 Å². The molecule has 2 aromatic rings. The summed E-state index contributed by atoms with van der Waals surface area (Å²) in [6.45, 7) is 11.1. The predicted molar refractivity (Wildman–Crippen MR) is 121 cm³/mol. The average molecular weight is 392 g/mol. The second kappa shape index (κ2) is 8.58. The molecule has 0 aromatic heterocycles. The molecule has 0 saturated carbocycles. The van der Waals surface area contributed by atoms with E-state index >= 15 is 0 Å². The fourth-order valence-corrected chi connectivity index (χ4v) is 4.48. The van der Waals surface area contributed by atoms with Crippen LogP contribution in [0.25, 0.3) is 0 Å². The summed E-state index contributed by atoms with van der Waals surface area (Å²) in [5, 5.41) is 3.13. The minimum Gasteiger partial charge on any atom is -0.372 e. The van der Waals surface area contributed by atoms with E-state index in [1.807, 2.05) is 0 Å². The molecule has 2 aliphatic rings. The second-order valence-electron chi connectivity index (χ2n) is 8.89. The Labute approximate surface area is 174 Å². The van der Waals surface area contributed by atoms with Crippen LogP contribution >= 0.6 is 0 Å². The summed E-state index contributed by atoms with van der Waals surface area (Å²) in [6, 6.07) is 13.2. The maximum atomic E-state index is 12.7. The lowest BCUT2D eigenvalue weighted by Crippen LogP contribution is -2.37. The van der Waals surface area contributed by atoms with Crippen molar-refractivity contribution < 1.29 is 4.79 Å². The van der Waals surface area contributed by atoms with Crippen molar-refractivity contribution in [3.63, 3.8) is 0 Å². The number of carbonyl (C=O) groups is 1. The second-order valence-corrected chi connectivity index (χ2v) is 8.89. The topological polar surface area (TPSA) is 35.6 Å². The molecule has 0 bridgehead atoms. The Morgan fingerprint density at radius 1 is 1.03 bits per heavy atom. The Bertz CT molecular complexity index is 884. The minimum atomic E-state index is 0.0745. The molecule has 0 atom stereocenters. The number of rotatable bonds is 5. The summed E-state index contributed by atoms with van der Waals surface area (Å²) >= 11 is 0. The van der Waals surface area contributed by atoms with Gasteiger partial charge in [0.1, 0.15) is 0 Å². The van der Waals surface area contributed by atoms with Crippen molar-refractivity contribution in [3.8, 4) is 0 Å². The summed E-state index contributed by atoms with van der Waals surface area (Å²) in [4.78, 5) is 17.4. The van der Waals surface area contributed by atoms with Gasteiger partial charge in [-0.2, -0.15) is 0 Å². The smallest absolute Gasteiger partial charge is 0.238 e. The Morgan fingerprint density at radius 3 is 2.55 bits per heavy atom. The fourth-order valence-electron chi connectivity index (χ4n) is 4.48. The van der Waals surface area contributed by atoms with E-state index in [0.717, 1.165) is 43.9 Å². The van der Waals surface area contributed by atoms with Crippen LogP contribution in [0.1, 0.15) is 54.9 Å². The minimum absolute atomic E-state index is 0.0745. The van der Waals surface area contributed by atoms with Gasteiger partial charge in [-0.25, -0.2) is 0 Å². The zero-order valence-electron chi connectivity index (χ0n) is 18.0. The van der Waals surface area contributed by atoms with Crippen molar-refractivity contribution in [2.24, 2.45) is 0 Å². The van der Waals surface area contributed by atoms with Crippen molar-refractivity contribution in [2.75, 3.05) is 36.4 Å². The van der Waals surface area contributed by atoms with E-state index < -0.39 is 0 Å².